The molecule has 1 saturated heterocycles. The van der Waals surface area contributed by atoms with Gasteiger partial charge < -0.3 is 15.1 Å². The summed E-state index contributed by atoms with van der Waals surface area (Å²) in [5, 5.41) is 3.39. The van der Waals surface area contributed by atoms with E-state index in [1.807, 2.05) is 49.9 Å². The minimum atomic E-state index is 0.759. The SMILES string of the molecule is C=C(Nc1cc(C2=CN=CC2)ccn1)N1CCCN(C)/C(=C/C=C(\C)c2ccnc(C)c2)C1=C. The zero-order valence-electron chi connectivity index (χ0n) is 20.3. The molecule has 0 atom stereocenters. The number of nitrogens with zero attached hydrogens (tertiary/aromatic N) is 5. The molecule has 0 amide bonds. The molecule has 6 nitrogen and oxygen atoms in total. The average molecular weight is 453 g/mol. The molecule has 0 saturated carbocycles. The van der Waals surface area contributed by atoms with E-state index in [0.717, 1.165) is 60.2 Å². The number of likely N-dealkylation sites (N-methyl/N-ethyl adjacent to an activating group) is 1. The van der Waals surface area contributed by atoms with Crippen LogP contribution >= 0.6 is 0 Å². The van der Waals surface area contributed by atoms with Gasteiger partial charge in [0, 0.05) is 57.1 Å². The summed E-state index contributed by atoms with van der Waals surface area (Å²) in [6.07, 6.45) is 13.6. The Bertz CT molecular complexity index is 1220. The summed E-state index contributed by atoms with van der Waals surface area (Å²) in [6.45, 7) is 14.6. The minimum absolute atomic E-state index is 0.759. The summed E-state index contributed by atoms with van der Waals surface area (Å²) < 4.78 is 0. The number of pyridine rings is 2. The van der Waals surface area contributed by atoms with Gasteiger partial charge >= 0.3 is 0 Å². The number of anilines is 1. The first-order chi connectivity index (χ1) is 16.4. The van der Waals surface area contributed by atoms with Crippen LogP contribution in [-0.2, 0) is 0 Å². The van der Waals surface area contributed by atoms with E-state index >= 15 is 0 Å². The molecular formula is C28H32N6. The van der Waals surface area contributed by atoms with Crippen molar-refractivity contribution in [2.24, 2.45) is 4.99 Å². The maximum Gasteiger partial charge on any atom is 0.131 e. The number of hydrogen-bond acceptors (Lipinski definition) is 6. The lowest BCUT2D eigenvalue weighted by Gasteiger charge is -2.29. The molecular weight excluding hydrogens is 420 g/mol. The van der Waals surface area contributed by atoms with E-state index < -0.39 is 0 Å². The number of aromatic nitrogens is 2. The highest BCUT2D eigenvalue weighted by Crippen LogP contribution is 2.27. The predicted octanol–water partition coefficient (Wildman–Crippen LogP) is 5.62. The van der Waals surface area contributed by atoms with Crippen LogP contribution in [0.15, 0.2) is 90.4 Å². The van der Waals surface area contributed by atoms with Crippen LogP contribution in [0.1, 0.15) is 36.6 Å². The van der Waals surface area contributed by atoms with Crippen molar-refractivity contribution in [2.45, 2.75) is 26.7 Å². The number of hydrogen-bond donors (Lipinski definition) is 1. The smallest absolute Gasteiger partial charge is 0.131 e. The molecule has 0 radical (unpaired) electrons. The molecule has 0 unspecified atom stereocenters. The third-order valence-corrected chi connectivity index (χ3v) is 6.13. The van der Waals surface area contributed by atoms with E-state index in [2.05, 4.69) is 75.4 Å². The Hall–Kier alpha value is -3.93. The third-order valence-electron chi connectivity index (χ3n) is 6.13. The highest BCUT2D eigenvalue weighted by molar-refractivity contribution is 5.84. The van der Waals surface area contributed by atoms with Crippen LogP contribution in [0.5, 0.6) is 0 Å². The lowest BCUT2D eigenvalue weighted by Crippen LogP contribution is -2.27. The van der Waals surface area contributed by atoms with Gasteiger partial charge in [0.2, 0.25) is 0 Å². The van der Waals surface area contributed by atoms with Gasteiger partial charge in [-0.1, -0.05) is 19.2 Å². The zero-order valence-corrected chi connectivity index (χ0v) is 20.3. The van der Waals surface area contributed by atoms with Crippen molar-refractivity contribution in [1.29, 1.82) is 0 Å². The van der Waals surface area contributed by atoms with Crippen molar-refractivity contribution in [2.75, 3.05) is 25.5 Å². The molecule has 0 aliphatic carbocycles. The van der Waals surface area contributed by atoms with Crippen molar-refractivity contribution in [3.8, 4) is 0 Å². The van der Waals surface area contributed by atoms with Crippen LogP contribution in [0.4, 0.5) is 5.82 Å². The van der Waals surface area contributed by atoms with E-state index in [0.29, 0.717) is 0 Å². The molecule has 4 rings (SSSR count). The number of nitrogens with one attached hydrogen (secondary N) is 1. The Morgan fingerprint density at radius 2 is 1.97 bits per heavy atom. The van der Waals surface area contributed by atoms with E-state index in [-0.39, 0.29) is 0 Å². The summed E-state index contributed by atoms with van der Waals surface area (Å²) in [6, 6.07) is 8.19. The number of rotatable bonds is 6. The largest absolute Gasteiger partial charge is 0.373 e. The molecule has 2 aliphatic heterocycles. The summed E-state index contributed by atoms with van der Waals surface area (Å²) >= 11 is 0. The number of allylic oxidation sites excluding steroid dienone is 4. The minimum Gasteiger partial charge on any atom is -0.373 e. The van der Waals surface area contributed by atoms with Gasteiger partial charge in [0.05, 0.1) is 11.4 Å². The van der Waals surface area contributed by atoms with Gasteiger partial charge in [0.15, 0.2) is 0 Å². The quantitative estimate of drug-likeness (QED) is 0.616. The number of aliphatic imine (C=N–C) groups is 1. The van der Waals surface area contributed by atoms with Gasteiger partial charge in [0.25, 0.3) is 0 Å². The normalized spacial score (nSPS) is 17.7. The van der Waals surface area contributed by atoms with E-state index in [4.69, 9.17) is 0 Å². The molecule has 1 fully saturated rings. The van der Waals surface area contributed by atoms with E-state index in [1.165, 1.54) is 16.7 Å². The van der Waals surface area contributed by atoms with Crippen molar-refractivity contribution in [3.05, 3.63) is 102 Å². The van der Waals surface area contributed by atoms with Crippen LogP contribution < -0.4 is 5.32 Å². The average Bonchev–Trinajstić information content (AvgIpc) is 3.32. The van der Waals surface area contributed by atoms with Crippen LogP contribution in [0, 0.1) is 6.92 Å². The fourth-order valence-electron chi connectivity index (χ4n) is 4.15. The summed E-state index contributed by atoms with van der Waals surface area (Å²) in [5.74, 6) is 1.52. The fraction of sp³-hybridized carbons (Fsp3) is 0.250. The molecule has 2 aromatic rings. The maximum absolute atomic E-state index is 4.49. The van der Waals surface area contributed by atoms with Crippen molar-refractivity contribution < 1.29 is 0 Å². The first kappa shape index (κ1) is 23.2. The molecule has 0 spiro atoms. The second-order valence-electron chi connectivity index (χ2n) is 8.65. The Labute approximate surface area is 202 Å². The topological polar surface area (TPSA) is 56.7 Å². The van der Waals surface area contributed by atoms with Crippen LogP contribution in [-0.4, -0.2) is 46.1 Å². The van der Waals surface area contributed by atoms with Crippen molar-refractivity contribution in [3.63, 3.8) is 0 Å². The summed E-state index contributed by atoms with van der Waals surface area (Å²) in [5.41, 5.74) is 7.65. The van der Waals surface area contributed by atoms with Crippen molar-refractivity contribution in [1.82, 2.24) is 19.8 Å². The standard InChI is InChI=1S/C28H32N6/c1-20(24-10-13-30-21(2)17-24)7-8-27-22(3)34(16-6-15-33(27)5)23(4)32-28-18-25(11-14-31-28)26-9-12-29-19-26/h7-8,10-14,17-19H,3-4,6,9,15-16H2,1-2,5H3,(H,31,32)/b20-7+,27-8+. The Morgan fingerprint density at radius 1 is 1.15 bits per heavy atom. The second-order valence-corrected chi connectivity index (χ2v) is 8.65. The molecule has 6 heteroatoms. The monoisotopic (exact) mass is 452 g/mol. The van der Waals surface area contributed by atoms with Crippen LogP contribution in [0.3, 0.4) is 0 Å². The summed E-state index contributed by atoms with van der Waals surface area (Å²) in [7, 11) is 2.11. The Morgan fingerprint density at radius 3 is 2.74 bits per heavy atom. The van der Waals surface area contributed by atoms with Crippen LogP contribution in [0.2, 0.25) is 0 Å². The maximum atomic E-state index is 4.49. The molecule has 1 N–H and O–H groups in total. The predicted molar refractivity (Wildman–Crippen MR) is 142 cm³/mol. The first-order valence-corrected chi connectivity index (χ1v) is 11.5. The fourth-order valence-corrected chi connectivity index (χ4v) is 4.15. The van der Waals surface area contributed by atoms with Crippen molar-refractivity contribution >= 4 is 23.2 Å². The molecule has 2 aliphatic rings. The highest BCUT2D eigenvalue weighted by atomic mass is 15.3. The first-order valence-electron chi connectivity index (χ1n) is 11.5. The third kappa shape index (κ3) is 5.34. The lowest BCUT2D eigenvalue weighted by atomic mass is 10.1. The molecule has 4 heterocycles. The zero-order chi connectivity index (χ0) is 24.1. The van der Waals surface area contributed by atoms with Gasteiger partial charge in [0.1, 0.15) is 11.6 Å². The van der Waals surface area contributed by atoms with Gasteiger partial charge in [-0.2, -0.15) is 0 Å². The van der Waals surface area contributed by atoms with E-state index in [1.54, 1.807) is 0 Å². The molecule has 2 aromatic heterocycles. The van der Waals surface area contributed by atoms with Gasteiger partial charge in [-0.15, -0.1) is 0 Å². The van der Waals surface area contributed by atoms with Crippen LogP contribution in [0.25, 0.3) is 11.1 Å². The Kier molecular flexibility index (Phi) is 7.07. The molecule has 0 aromatic carbocycles. The van der Waals surface area contributed by atoms with Gasteiger partial charge in [-0.05, 0) is 72.9 Å². The van der Waals surface area contributed by atoms with Gasteiger partial charge in [-0.3, -0.25) is 9.98 Å². The second kappa shape index (κ2) is 10.3. The number of aryl methyl sites for hydroxylation is 1. The van der Waals surface area contributed by atoms with E-state index in [9.17, 15) is 0 Å². The van der Waals surface area contributed by atoms with Gasteiger partial charge in [-0.25, -0.2) is 4.98 Å². The molecule has 34 heavy (non-hydrogen) atoms. The molecule has 0 bridgehead atoms. The summed E-state index contributed by atoms with van der Waals surface area (Å²) in [4.78, 5) is 17.4. The lowest BCUT2D eigenvalue weighted by molar-refractivity contribution is 0.428. The molecule has 174 valence electrons. The Balaban J connectivity index is 1.53. The highest BCUT2D eigenvalue weighted by Gasteiger charge is 2.22.